The van der Waals surface area contributed by atoms with Crippen LogP contribution in [0.15, 0.2) is 18.2 Å². The summed E-state index contributed by atoms with van der Waals surface area (Å²) < 4.78 is 50.9. The minimum absolute atomic E-state index is 0.165. The molecule has 3 nitrogen and oxygen atoms in total. The summed E-state index contributed by atoms with van der Waals surface area (Å²) >= 11 is 1.08. The van der Waals surface area contributed by atoms with Crippen molar-refractivity contribution in [2.45, 2.75) is 19.1 Å². The van der Waals surface area contributed by atoms with Crippen molar-refractivity contribution < 1.29 is 17.6 Å². The van der Waals surface area contributed by atoms with Crippen molar-refractivity contribution >= 4 is 11.3 Å². The molecular formula is C11H9F4N3S. The highest BCUT2D eigenvalue weighted by Crippen LogP contribution is 2.35. The minimum atomic E-state index is -4.74. The fourth-order valence-electron chi connectivity index (χ4n) is 1.41. The monoisotopic (exact) mass is 291 g/mol. The first kappa shape index (κ1) is 13.9. The molecule has 1 unspecified atom stereocenters. The standard InChI is InChI=1S/C11H9F4N3S/c1-5(16)9-17-18-10(19-9)6-2-3-8(12)7(4-6)11(13,14)15/h2-5H,16H2,1H3. The Morgan fingerprint density at radius 1 is 1.26 bits per heavy atom. The molecule has 0 amide bonds. The van der Waals surface area contributed by atoms with E-state index in [4.69, 9.17) is 5.73 Å². The van der Waals surface area contributed by atoms with Crippen LogP contribution in [0.3, 0.4) is 0 Å². The normalized spacial score (nSPS) is 13.6. The van der Waals surface area contributed by atoms with Crippen molar-refractivity contribution in [3.63, 3.8) is 0 Å². The lowest BCUT2D eigenvalue weighted by Crippen LogP contribution is -2.08. The van der Waals surface area contributed by atoms with Crippen molar-refractivity contribution in [2.24, 2.45) is 5.73 Å². The first-order chi connectivity index (χ1) is 8.79. The number of rotatable bonds is 2. The van der Waals surface area contributed by atoms with Crippen molar-refractivity contribution in [1.29, 1.82) is 0 Å². The number of benzene rings is 1. The van der Waals surface area contributed by atoms with Crippen LogP contribution in [0, 0.1) is 5.82 Å². The van der Waals surface area contributed by atoms with Crippen molar-refractivity contribution in [3.05, 3.63) is 34.6 Å². The Labute approximate surface area is 110 Å². The summed E-state index contributed by atoms with van der Waals surface area (Å²) in [6.45, 7) is 1.69. The van der Waals surface area contributed by atoms with E-state index in [2.05, 4.69) is 10.2 Å². The highest BCUT2D eigenvalue weighted by atomic mass is 32.1. The van der Waals surface area contributed by atoms with Gasteiger partial charge >= 0.3 is 6.18 Å². The second-order valence-electron chi connectivity index (χ2n) is 3.93. The van der Waals surface area contributed by atoms with E-state index >= 15 is 0 Å². The molecule has 1 heterocycles. The van der Waals surface area contributed by atoms with E-state index in [0.29, 0.717) is 5.01 Å². The van der Waals surface area contributed by atoms with Gasteiger partial charge in [-0.25, -0.2) is 4.39 Å². The molecule has 2 aromatic rings. The molecule has 0 saturated heterocycles. The van der Waals surface area contributed by atoms with Gasteiger partial charge in [-0.1, -0.05) is 11.3 Å². The zero-order valence-corrected chi connectivity index (χ0v) is 10.5. The number of halogens is 4. The fourth-order valence-corrected chi connectivity index (χ4v) is 2.20. The lowest BCUT2D eigenvalue weighted by molar-refractivity contribution is -0.139. The second-order valence-corrected chi connectivity index (χ2v) is 4.94. The number of nitrogens with two attached hydrogens (primary N) is 1. The van der Waals surface area contributed by atoms with Crippen molar-refractivity contribution in [2.75, 3.05) is 0 Å². The smallest absolute Gasteiger partial charge is 0.322 e. The van der Waals surface area contributed by atoms with Crippen LogP contribution >= 0.6 is 11.3 Å². The van der Waals surface area contributed by atoms with Crippen LogP contribution < -0.4 is 5.73 Å². The maximum Gasteiger partial charge on any atom is 0.419 e. The van der Waals surface area contributed by atoms with Gasteiger partial charge in [-0.2, -0.15) is 13.2 Å². The van der Waals surface area contributed by atoms with Crippen LogP contribution in [0.1, 0.15) is 23.5 Å². The lowest BCUT2D eigenvalue weighted by atomic mass is 10.1. The molecule has 0 bridgehead atoms. The van der Waals surface area contributed by atoms with Crippen LogP contribution in [0.2, 0.25) is 0 Å². The van der Waals surface area contributed by atoms with E-state index in [1.165, 1.54) is 6.07 Å². The zero-order chi connectivity index (χ0) is 14.2. The highest BCUT2D eigenvalue weighted by molar-refractivity contribution is 7.14. The molecule has 0 saturated carbocycles. The van der Waals surface area contributed by atoms with Gasteiger partial charge in [-0.15, -0.1) is 10.2 Å². The van der Waals surface area contributed by atoms with Gasteiger partial charge in [0.05, 0.1) is 11.6 Å². The van der Waals surface area contributed by atoms with Gasteiger partial charge in [0, 0.05) is 5.56 Å². The Morgan fingerprint density at radius 3 is 2.47 bits per heavy atom. The molecule has 0 aliphatic rings. The van der Waals surface area contributed by atoms with Gasteiger partial charge in [0.15, 0.2) is 0 Å². The molecule has 1 aromatic heterocycles. The molecule has 0 spiro atoms. The first-order valence-corrected chi connectivity index (χ1v) is 6.07. The predicted octanol–water partition coefficient (Wildman–Crippen LogP) is 3.38. The average Bonchev–Trinajstić information content (AvgIpc) is 2.77. The minimum Gasteiger partial charge on any atom is -0.322 e. The van der Waals surface area contributed by atoms with Crippen LogP contribution in [-0.2, 0) is 6.18 Å². The van der Waals surface area contributed by atoms with Crippen LogP contribution in [0.5, 0.6) is 0 Å². The topological polar surface area (TPSA) is 51.8 Å². The van der Waals surface area contributed by atoms with E-state index in [9.17, 15) is 17.6 Å². The van der Waals surface area contributed by atoms with E-state index < -0.39 is 17.6 Å². The Kier molecular flexibility index (Phi) is 3.55. The summed E-state index contributed by atoms with van der Waals surface area (Å²) in [6.07, 6.45) is -4.74. The van der Waals surface area contributed by atoms with E-state index in [-0.39, 0.29) is 16.6 Å². The second kappa shape index (κ2) is 4.86. The molecule has 2 N–H and O–H groups in total. The third-order valence-corrected chi connectivity index (χ3v) is 3.52. The summed E-state index contributed by atoms with van der Waals surface area (Å²) in [5.74, 6) is -1.31. The maximum atomic E-state index is 13.1. The lowest BCUT2D eigenvalue weighted by Gasteiger charge is -2.08. The molecule has 19 heavy (non-hydrogen) atoms. The van der Waals surface area contributed by atoms with Gasteiger partial charge < -0.3 is 5.73 Å². The van der Waals surface area contributed by atoms with E-state index in [1.54, 1.807) is 6.92 Å². The molecule has 102 valence electrons. The van der Waals surface area contributed by atoms with Gasteiger partial charge in [0.25, 0.3) is 0 Å². The van der Waals surface area contributed by atoms with Crippen LogP contribution in [0.25, 0.3) is 10.6 Å². The van der Waals surface area contributed by atoms with Gasteiger partial charge in [0.2, 0.25) is 0 Å². The fraction of sp³-hybridized carbons (Fsp3) is 0.273. The zero-order valence-electron chi connectivity index (χ0n) is 9.70. The van der Waals surface area contributed by atoms with Gasteiger partial charge in [-0.05, 0) is 25.1 Å². The van der Waals surface area contributed by atoms with Crippen LogP contribution in [0.4, 0.5) is 17.6 Å². The SMILES string of the molecule is CC(N)c1nnc(-c2ccc(F)c(C(F)(F)F)c2)s1. The Balaban J connectivity index is 2.45. The molecule has 0 radical (unpaired) electrons. The largest absolute Gasteiger partial charge is 0.419 e. The molecule has 2 rings (SSSR count). The van der Waals surface area contributed by atoms with Crippen molar-refractivity contribution in [1.82, 2.24) is 10.2 Å². The summed E-state index contributed by atoms with van der Waals surface area (Å²) in [5, 5.41) is 8.32. The molecule has 1 aromatic carbocycles. The van der Waals surface area contributed by atoms with E-state index in [0.717, 1.165) is 23.5 Å². The van der Waals surface area contributed by atoms with Crippen molar-refractivity contribution in [3.8, 4) is 10.6 Å². The molecule has 0 fully saturated rings. The number of alkyl halides is 3. The number of hydrogen-bond donors (Lipinski definition) is 1. The number of aromatic nitrogens is 2. The molecule has 0 aliphatic heterocycles. The summed E-state index contributed by atoms with van der Waals surface area (Å²) in [6, 6.07) is 2.37. The predicted molar refractivity (Wildman–Crippen MR) is 62.9 cm³/mol. The number of nitrogens with zero attached hydrogens (tertiary/aromatic N) is 2. The van der Waals surface area contributed by atoms with E-state index in [1.807, 2.05) is 0 Å². The molecule has 0 aliphatic carbocycles. The summed E-state index contributed by atoms with van der Waals surface area (Å²) in [5.41, 5.74) is 4.44. The van der Waals surface area contributed by atoms with Gasteiger partial charge in [0.1, 0.15) is 15.8 Å². The average molecular weight is 291 g/mol. The Bertz CT molecular complexity index is 592. The van der Waals surface area contributed by atoms with Gasteiger partial charge in [-0.3, -0.25) is 0 Å². The quantitative estimate of drug-likeness (QED) is 0.863. The van der Waals surface area contributed by atoms with Crippen LogP contribution in [-0.4, -0.2) is 10.2 Å². The Morgan fingerprint density at radius 2 is 1.95 bits per heavy atom. The molecule has 1 atom stereocenters. The summed E-state index contributed by atoms with van der Waals surface area (Å²) in [4.78, 5) is 0. The third-order valence-electron chi connectivity index (χ3n) is 2.35. The third kappa shape index (κ3) is 2.90. The highest BCUT2D eigenvalue weighted by Gasteiger charge is 2.34. The number of hydrogen-bond acceptors (Lipinski definition) is 4. The molecular weight excluding hydrogens is 282 g/mol. The summed E-state index contributed by atoms with van der Waals surface area (Å²) in [7, 11) is 0. The Hall–Kier alpha value is -1.54. The first-order valence-electron chi connectivity index (χ1n) is 5.25. The maximum absolute atomic E-state index is 13.1. The molecule has 8 heteroatoms.